The van der Waals surface area contributed by atoms with Gasteiger partial charge in [-0.3, -0.25) is 13.9 Å². The molecule has 0 atom stereocenters. The summed E-state index contributed by atoms with van der Waals surface area (Å²) in [6, 6.07) is 0. The van der Waals surface area contributed by atoms with Crippen molar-refractivity contribution in [1.82, 2.24) is 19.0 Å². The molecule has 2 aromatic rings. The third-order valence-electron chi connectivity index (χ3n) is 3.44. The summed E-state index contributed by atoms with van der Waals surface area (Å²) in [6.45, 7) is 6.93. The normalized spacial score (nSPS) is 11.6. The number of nitrogens with zero attached hydrogens (tertiary/aromatic N) is 4. The van der Waals surface area contributed by atoms with E-state index in [2.05, 4.69) is 23.7 Å². The van der Waals surface area contributed by atoms with E-state index in [4.69, 9.17) is 5.73 Å². The summed E-state index contributed by atoms with van der Waals surface area (Å²) in [4.78, 5) is 30.8. The number of likely N-dealkylation sites (N-methyl/N-ethyl adjacent to an activating group) is 1. The minimum atomic E-state index is -0.347. The van der Waals surface area contributed by atoms with Crippen LogP contribution in [0.1, 0.15) is 13.8 Å². The first-order chi connectivity index (χ1) is 9.49. The predicted molar refractivity (Wildman–Crippen MR) is 81.3 cm³/mol. The number of anilines is 1. The van der Waals surface area contributed by atoms with Gasteiger partial charge in [0.25, 0.3) is 5.56 Å². The largest absolute Gasteiger partial charge is 0.375 e. The maximum Gasteiger partial charge on any atom is 0.332 e. The highest BCUT2D eigenvalue weighted by molar-refractivity contribution is 7.21. The van der Waals surface area contributed by atoms with Gasteiger partial charge in [-0.25, -0.2) is 9.78 Å². The molecule has 0 spiro atoms. The topological polar surface area (TPSA) is 86.2 Å². The molecule has 20 heavy (non-hydrogen) atoms. The SMILES string of the molecule is CCN(CC)CCn1c(=O)c2sc(N)nc2n(C)c1=O. The Morgan fingerprint density at radius 2 is 1.95 bits per heavy atom. The summed E-state index contributed by atoms with van der Waals surface area (Å²) >= 11 is 1.12. The Morgan fingerprint density at radius 3 is 2.55 bits per heavy atom. The van der Waals surface area contributed by atoms with Crippen molar-refractivity contribution in [1.29, 1.82) is 0 Å². The van der Waals surface area contributed by atoms with Crippen LogP contribution in [0.2, 0.25) is 0 Å². The van der Waals surface area contributed by atoms with Crippen molar-refractivity contribution in [3.63, 3.8) is 0 Å². The summed E-state index contributed by atoms with van der Waals surface area (Å²) in [5.41, 5.74) is 5.34. The highest BCUT2D eigenvalue weighted by atomic mass is 32.1. The van der Waals surface area contributed by atoms with E-state index in [1.165, 1.54) is 9.13 Å². The standard InChI is InChI=1S/C12H19N5O2S/c1-4-16(5-2)6-7-17-10(18)8-9(14-11(13)20-8)15(3)12(17)19/h4-7H2,1-3H3,(H2,13,14). The Hall–Kier alpha value is -1.67. The van der Waals surface area contributed by atoms with Gasteiger partial charge in [-0.2, -0.15) is 0 Å². The van der Waals surface area contributed by atoms with Gasteiger partial charge >= 0.3 is 5.69 Å². The first-order valence-corrected chi connectivity index (χ1v) is 7.39. The molecule has 0 radical (unpaired) electrons. The fraction of sp³-hybridized carbons (Fsp3) is 0.583. The molecule has 0 saturated heterocycles. The molecule has 0 aliphatic carbocycles. The van der Waals surface area contributed by atoms with E-state index >= 15 is 0 Å². The number of thiazole rings is 1. The fourth-order valence-corrected chi connectivity index (χ4v) is 2.97. The number of nitrogens with two attached hydrogens (primary N) is 1. The molecule has 2 rings (SSSR count). The molecule has 0 aliphatic rings. The van der Waals surface area contributed by atoms with Gasteiger partial charge in [-0.15, -0.1) is 0 Å². The summed E-state index contributed by atoms with van der Waals surface area (Å²) in [7, 11) is 1.61. The van der Waals surface area contributed by atoms with E-state index in [0.29, 0.717) is 28.6 Å². The molecular weight excluding hydrogens is 278 g/mol. The Labute approximate surface area is 120 Å². The van der Waals surface area contributed by atoms with Crippen molar-refractivity contribution < 1.29 is 0 Å². The molecule has 0 aromatic carbocycles. The maximum absolute atomic E-state index is 12.3. The van der Waals surface area contributed by atoms with Crippen LogP contribution in [-0.4, -0.2) is 38.7 Å². The maximum atomic E-state index is 12.3. The first kappa shape index (κ1) is 14.7. The molecule has 0 amide bonds. The summed E-state index contributed by atoms with van der Waals surface area (Å²) in [5, 5.41) is 0.300. The van der Waals surface area contributed by atoms with Crippen molar-refractivity contribution in [2.24, 2.45) is 7.05 Å². The van der Waals surface area contributed by atoms with Crippen LogP contribution in [0.15, 0.2) is 9.59 Å². The number of hydrogen-bond acceptors (Lipinski definition) is 6. The second-order valence-corrected chi connectivity index (χ2v) is 5.56. The number of aromatic nitrogens is 3. The van der Waals surface area contributed by atoms with E-state index in [1.54, 1.807) is 7.05 Å². The Balaban J connectivity index is 2.48. The summed E-state index contributed by atoms with van der Waals surface area (Å²) < 4.78 is 3.08. The van der Waals surface area contributed by atoms with Gasteiger partial charge in [0.05, 0.1) is 0 Å². The molecular formula is C12H19N5O2S. The quantitative estimate of drug-likeness (QED) is 0.844. The van der Waals surface area contributed by atoms with Crippen LogP contribution in [-0.2, 0) is 13.6 Å². The molecule has 0 aliphatic heterocycles. The second-order valence-electron chi connectivity index (χ2n) is 4.53. The van der Waals surface area contributed by atoms with Crippen LogP contribution in [0.5, 0.6) is 0 Å². The van der Waals surface area contributed by atoms with E-state index in [0.717, 1.165) is 24.4 Å². The first-order valence-electron chi connectivity index (χ1n) is 6.57. The van der Waals surface area contributed by atoms with Gasteiger partial charge in [0, 0.05) is 20.1 Å². The third-order valence-corrected chi connectivity index (χ3v) is 4.30. The molecule has 0 unspecified atom stereocenters. The predicted octanol–water partition coefficient (Wildman–Crippen LogP) is 0.0807. The summed E-state index contributed by atoms with van der Waals surface area (Å²) in [5.74, 6) is 0. The second kappa shape index (κ2) is 5.76. The van der Waals surface area contributed by atoms with Crippen LogP contribution in [0.4, 0.5) is 5.13 Å². The molecule has 110 valence electrons. The Kier molecular flexibility index (Phi) is 4.24. The van der Waals surface area contributed by atoms with Gasteiger partial charge in [0.15, 0.2) is 10.8 Å². The van der Waals surface area contributed by atoms with Crippen LogP contribution in [0.25, 0.3) is 10.3 Å². The van der Waals surface area contributed by atoms with Crippen LogP contribution < -0.4 is 17.0 Å². The zero-order chi connectivity index (χ0) is 14.9. The van der Waals surface area contributed by atoms with E-state index in [1.807, 2.05) is 0 Å². The average molecular weight is 297 g/mol. The molecule has 0 bridgehead atoms. The van der Waals surface area contributed by atoms with Crippen LogP contribution in [0.3, 0.4) is 0 Å². The number of rotatable bonds is 5. The van der Waals surface area contributed by atoms with Gasteiger partial charge in [-0.05, 0) is 13.1 Å². The highest BCUT2D eigenvalue weighted by Gasteiger charge is 2.15. The number of hydrogen-bond donors (Lipinski definition) is 1. The fourth-order valence-electron chi connectivity index (χ4n) is 2.15. The van der Waals surface area contributed by atoms with Crippen molar-refractivity contribution in [2.45, 2.75) is 20.4 Å². The molecule has 8 heteroatoms. The Bertz CT molecular complexity index is 726. The lowest BCUT2D eigenvalue weighted by molar-refractivity contribution is 0.286. The molecule has 0 saturated carbocycles. The minimum absolute atomic E-state index is 0.300. The van der Waals surface area contributed by atoms with Gasteiger partial charge in [-0.1, -0.05) is 25.2 Å². The number of nitrogen functional groups attached to an aromatic ring is 1. The molecule has 2 aromatic heterocycles. The lowest BCUT2D eigenvalue weighted by Crippen LogP contribution is -2.41. The molecule has 2 N–H and O–H groups in total. The zero-order valence-corrected chi connectivity index (χ0v) is 12.7. The van der Waals surface area contributed by atoms with Gasteiger partial charge < -0.3 is 10.6 Å². The van der Waals surface area contributed by atoms with Crippen molar-refractivity contribution >= 4 is 26.8 Å². The average Bonchev–Trinajstić information content (AvgIpc) is 2.83. The monoisotopic (exact) mass is 297 g/mol. The third kappa shape index (κ3) is 2.48. The van der Waals surface area contributed by atoms with E-state index < -0.39 is 0 Å². The molecule has 0 fully saturated rings. The van der Waals surface area contributed by atoms with E-state index in [-0.39, 0.29) is 11.2 Å². The minimum Gasteiger partial charge on any atom is -0.375 e. The molecule has 2 heterocycles. The van der Waals surface area contributed by atoms with E-state index in [9.17, 15) is 9.59 Å². The smallest absolute Gasteiger partial charge is 0.332 e. The molecule has 7 nitrogen and oxygen atoms in total. The zero-order valence-electron chi connectivity index (χ0n) is 11.9. The van der Waals surface area contributed by atoms with Crippen LogP contribution >= 0.6 is 11.3 Å². The number of fused-ring (bicyclic) bond motifs is 1. The lowest BCUT2D eigenvalue weighted by Gasteiger charge is -2.18. The van der Waals surface area contributed by atoms with Gasteiger partial charge in [0.1, 0.15) is 4.70 Å². The van der Waals surface area contributed by atoms with Crippen LogP contribution in [0, 0.1) is 0 Å². The summed E-state index contributed by atoms with van der Waals surface area (Å²) in [6.07, 6.45) is 0. The van der Waals surface area contributed by atoms with Crippen molar-refractivity contribution in [3.8, 4) is 0 Å². The lowest BCUT2D eigenvalue weighted by atomic mass is 10.4. The number of aryl methyl sites for hydroxylation is 1. The highest BCUT2D eigenvalue weighted by Crippen LogP contribution is 2.18. The van der Waals surface area contributed by atoms with Crippen molar-refractivity contribution in [3.05, 3.63) is 20.8 Å². The van der Waals surface area contributed by atoms with Crippen molar-refractivity contribution in [2.75, 3.05) is 25.4 Å². The Morgan fingerprint density at radius 1 is 1.30 bits per heavy atom. The van der Waals surface area contributed by atoms with Gasteiger partial charge in [0.2, 0.25) is 0 Å².